The Bertz CT molecular complexity index is 1980. The minimum atomic E-state index is -2.32. The zero-order chi connectivity index (χ0) is 32.9. The van der Waals surface area contributed by atoms with Crippen LogP contribution in [0.2, 0.25) is 0 Å². The number of benzene rings is 2. The van der Waals surface area contributed by atoms with E-state index < -0.39 is 29.6 Å². The Balaban J connectivity index is 1.27. The lowest BCUT2D eigenvalue weighted by atomic mass is 9.95. The average molecular weight is 606 g/mol. The van der Waals surface area contributed by atoms with E-state index in [9.17, 15) is 18.7 Å². The van der Waals surface area contributed by atoms with Crippen molar-refractivity contribution in [2.45, 2.75) is 69.2 Å². The highest BCUT2D eigenvalue weighted by atomic mass is 19.1. The van der Waals surface area contributed by atoms with Gasteiger partial charge in [0.1, 0.15) is 35.7 Å². The predicted octanol–water partition coefficient (Wildman–Crippen LogP) is 4.24. The van der Waals surface area contributed by atoms with Crippen LogP contribution in [-0.4, -0.2) is 81.0 Å². The number of fused-ring (bicyclic) bond motifs is 5. The van der Waals surface area contributed by atoms with Crippen molar-refractivity contribution < 1.29 is 22.7 Å². The van der Waals surface area contributed by atoms with Gasteiger partial charge in [-0.3, -0.25) is 14.3 Å². The van der Waals surface area contributed by atoms with Crippen LogP contribution in [0, 0.1) is 5.82 Å². The summed E-state index contributed by atoms with van der Waals surface area (Å²) in [6.45, 7) is 0.884. The number of nitrogens with one attached hydrogen (secondary N) is 1. The largest absolute Gasteiger partial charge is 0.508 e. The van der Waals surface area contributed by atoms with Crippen molar-refractivity contribution in [1.82, 2.24) is 24.8 Å². The maximum absolute atomic E-state index is 15.0. The minimum absolute atomic E-state index is 0.0622. The third-order valence-electron chi connectivity index (χ3n) is 9.76. The number of halogens is 2. The van der Waals surface area contributed by atoms with Crippen molar-refractivity contribution in [3.8, 4) is 17.4 Å². The lowest BCUT2D eigenvalue weighted by molar-refractivity contribution is 0.107. The number of aromatic hydroxyl groups is 1. The number of aromatic nitrogens is 3. The summed E-state index contributed by atoms with van der Waals surface area (Å²) in [6.07, 6.45) is 1.98. The highest BCUT2D eigenvalue weighted by molar-refractivity contribution is 5.95. The zero-order valence-electron chi connectivity index (χ0n) is 27.4. The molecule has 2 N–H and O–H groups in total. The zero-order valence-corrected chi connectivity index (χ0v) is 24.4. The highest BCUT2D eigenvalue weighted by Gasteiger charge is 2.49. The van der Waals surface area contributed by atoms with E-state index in [4.69, 9.17) is 13.8 Å². The second kappa shape index (κ2) is 10.4. The molecule has 2 aromatic heterocycles. The second-order valence-electron chi connectivity index (χ2n) is 12.5. The van der Waals surface area contributed by atoms with Crippen molar-refractivity contribution in [3.63, 3.8) is 0 Å². The van der Waals surface area contributed by atoms with Crippen molar-refractivity contribution in [1.29, 1.82) is 0 Å². The Morgan fingerprint density at radius 3 is 2.82 bits per heavy atom. The standard InChI is InChI=1S/C33H36F2N6O3/c1-2-24-26(35)7-4-19-12-23(42)13-27(28(19)24)41-11-8-25-29(31(41)43)37-32(38-30(25)39-16-21-5-6-22(17-39)36-21)44-18-33-9-3-10-40(33)15-20(34)14-33/h4,7-8,11-13,20-22,36,42H,2-3,5-6,9-10,14-18H2,1H3/t20-,21-,22+,33+/m1/s1/i10D2,20D. The quantitative estimate of drug-likeness (QED) is 0.337. The maximum atomic E-state index is 15.0. The summed E-state index contributed by atoms with van der Waals surface area (Å²) < 4.78 is 62.4. The third kappa shape index (κ3) is 4.42. The van der Waals surface area contributed by atoms with Gasteiger partial charge in [-0.15, -0.1) is 0 Å². The van der Waals surface area contributed by atoms with Gasteiger partial charge in [0.25, 0.3) is 5.56 Å². The fraction of sp³-hybridized carbons (Fsp3) is 0.485. The summed E-state index contributed by atoms with van der Waals surface area (Å²) in [5, 5.41) is 15.8. The van der Waals surface area contributed by atoms with Gasteiger partial charge in [0.15, 0.2) is 0 Å². The molecule has 8 rings (SSSR count). The van der Waals surface area contributed by atoms with Crippen LogP contribution in [0.5, 0.6) is 11.8 Å². The number of anilines is 1. The molecule has 6 heterocycles. The molecule has 0 aliphatic carbocycles. The SMILES string of the molecule is [2H]C1([2H])CC[C@@]2(COc3nc(N4C[C@H]5CC[C@@H](C4)N5)c4ccn(-c5cc(O)cc6ccc(F)c(CC)c56)c(=O)c4n3)C[C@@]([2H])(F)CN12. The van der Waals surface area contributed by atoms with E-state index in [1.165, 1.54) is 27.7 Å². The van der Waals surface area contributed by atoms with Crippen molar-refractivity contribution in [3.05, 3.63) is 58.3 Å². The van der Waals surface area contributed by atoms with Crippen LogP contribution < -0.4 is 20.5 Å². The third-order valence-corrected chi connectivity index (χ3v) is 9.76. The van der Waals surface area contributed by atoms with Crippen LogP contribution >= 0.6 is 0 Å². The van der Waals surface area contributed by atoms with Gasteiger partial charge in [0.2, 0.25) is 0 Å². The molecule has 2 aromatic carbocycles. The first-order valence-corrected chi connectivity index (χ1v) is 15.3. The Morgan fingerprint density at radius 2 is 2.02 bits per heavy atom. The summed E-state index contributed by atoms with van der Waals surface area (Å²) in [7, 11) is 0. The number of aryl methyl sites for hydroxylation is 1. The van der Waals surface area contributed by atoms with E-state index >= 15 is 0 Å². The number of rotatable bonds is 6. The van der Waals surface area contributed by atoms with Gasteiger partial charge in [-0.2, -0.15) is 9.97 Å². The molecular formula is C33H36F2N6O3. The van der Waals surface area contributed by atoms with E-state index in [2.05, 4.69) is 15.2 Å². The van der Waals surface area contributed by atoms with Gasteiger partial charge in [0, 0.05) is 58.5 Å². The molecule has 2 bridgehead atoms. The number of hydrogen-bond acceptors (Lipinski definition) is 8. The molecule has 0 unspecified atom stereocenters. The predicted molar refractivity (Wildman–Crippen MR) is 164 cm³/mol. The first-order chi connectivity index (χ1) is 22.4. The molecule has 4 saturated heterocycles. The lowest BCUT2D eigenvalue weighted by Crippen LogP contribution is -2.51. The number of phenolic OH excluding ortho intramolecular Hbond substituents is 1. The van der Waals surface area contributed by atoms with Crippen LogP contribution in [0.1, 0.15) is 48.7 Å². The summed E-state index contributed by atoms with van der Waals surface area (Å²) in [5.74, 6) is 0.0413. The molecule has 0 amide bonds. The number of ether oxygens (including phenoxy) is 1. The highest BCUT2D eigenvalue weighted by Crippen LogP contribution is 2.41. The number of piperazine rings is 1. The maximum Gasteiger partial charge on any atom is 0.319 e. The number of nitrogens with zero attached hydrogens (tertiary/aromatic N) is 5. The monoisotopic (exact) mass is 605 g/mol. The second-order valence-corrected chi connectivity index (χ2v) is 12.5. The topological polar surface area (TPSA) is 95.8 Å². The fourth-order valence-corrected chi connectivity index (χ4v) is 7.68. The number of hydrogen-bond donors (Lipinski definition) is 2. The van der Waals surface area contributed by atoms with E-state index in [1.807, 2.05) is 6.92 Å². The molecule has 0 radical (unpaired) electrons. The molecule has 4 aliphatic rings. The van der Waals surface area contributed by atoms with E-state index in [0.717, 1.165) is 12.8 Å². The van der Waals surface area contributed by atoms with Gasteiger partial charge in [-0.05, 0) is 67.7 Å². The Hall–Kier alpha value is -3.83. The fourth-order valence-electron chi connectivity index (χ4n) is 7.68. The summed E-state index contributed by atoms with van der Waals surface area (Å²) >= 11 is 0. The van der Waals surface area contributed by atoms with E-state index in [0.29, 0.717) is 59.2 Å². The van der Waals surface area contributed by atoms with Crippen LogP contribution in [0.4, 0.5) is 14.6 Å². The summed E-state index contributed by atoms with van der Waals surface area (Å²) in [6, 6.07) is 8.09. The summed E-state index contributed by atoms with van der Waals surface area (Å²) in [5.41, 5.74) is -0.769. The molecule has 0 spiro atoms. The van der Waals surface area contributed by atoms with Gasteiger partial charge in [0.05, 0.1) is 18.0 Å². The summed E-state index contributed by atoms with van der Waals surface area (Å²) in [4.78, 5) is 27.3. The van der Waals surface area contributed by atoms with Crippen LogP contribution in [0.3, 0.4) is 0 Å². The Kier molecular flexibility index (Phi) is 5.77. The van der Waals surface area contributed by atoms with Crippen LogP contribution in [0.15, 0.2) is 41.3 Å². The van der Waals surface area contributed by atoms with E-state index in [-0.39, 0.29) is 55.4 Å². The molecule has 4 atom stereocenters. The lowest BCUT2D eigenvalue weighted by Gasteiger charge is -2.34. The number of phenols is 1. The van der Waals surface area contributed by atoms with Crippen molar-refractivity contribution in [2.75, 3.05) is 37.6 Å². The van der Waals surface area contributed by atoms with Gasteiger partial charge < -0.3 is 20.1 Å². The Labute approximate surface area is 257 Å². The molecule has 11 heteroatoms. The first kappa shape index (κ1) is 24.5. The van der Waals surface area contributed by atoms with Crippen LogP contribution in [0.25, 0.3) is 27.4 Å². The number of alkyl halides is 1. The van der Waals surface area contributed by atoms with Gasteiger partial charge in [-0.1, -0.05) is 13.0 Å². The van der Waals surface area contributed by atoms with Crippen molar-refractivity contribution in [2.24, 2.45) is 0 Å². The van der Waals surface area contributed by atoms with Crippen LogP contribution in [-0.2, 0) is 6.42 Å². The van der Waals surface area contributed by atoms with Gasteiger partial charge >= 0.3 is 6.01 Å². The Morgan fingerprint density at radius 1 is 1.20 bits per heavy atom. The smallest absolute Gasteiger partial charge is 0.319 e. The number of pyridine rings is 1. The molecule has 9 nitrogen and oxygen atoms in total. The van der Waals surface area contributed by atoms with Crippen molar-refractivity contribution >= 4 is 27.5 Å². The molecule has 44 heavy (non-hydrogen) atoms. The molecule has 4 fully saturated rings. The molecular weight excluding hydrogens is 566 g/mol. The first-order valence-electron chi connectivity index (χ1n) is 16.8. The average Bonchev–Trinajstić information content (AvgIpc) is 3.60. The minimum Gasteiger partial charge on any atom is -0.508 e. The molecule has 4 aliphatic heterocycles. The van der Waals surface area contributed by atoms with E-state index in [1.54, 1.807) is 18.3 Å². The van der Waals surface area contributed by atoms with Gasteiger partial charge in [-0.25, -0.2) is 8.78 Å². The molecule has 0 saturated carbocycles. The molecule has 230 valence electrons. The molecule has 4 aromatic rings. The normalized spacial score (nSPS) is 30.4.